The van der Waals surface area contributed by atoms with Crippen LogP contribution >= 0.6 is 22.7 Å². The normalized spacial score (nSPS) is 19.0. The second-order valence-electron chi connectivity index (χ2n) is 18.5. The standard InChI is InChI=1S/C54H54N8O3S2/c1-33(35-18-19-35)57-49(38-10-4-2-5-11-38)53(64)61-28-8-14-42(61)51-55-31-40(58-51)46-26-24-44(66-46)36-20-22-37(23-21-36)45-25-27-47(67-45)41-32-56-52(59-41)43-15-9-29-62(43)54(65)50(39-12-6-3-7-13-39)60-48(63)30-34-16-17-34/h2-7,10-13,20-27,31-32,34-35,42-43,49-50,57H,1,8-9,14-19,28-30H2,(H,55,58)(H,56,59)(H,60,63)/t42-,43-,49-,50-/m0/s1. The highest BCUT2D eigenvalue weighted by Crippen LogP contribution is 2.41. The summed E-state index contributed by atoms with van der Waals surface area (Å²) in [6.45, 7) is 5.59. The zero-order chi connectivity index (χ0) is 45.4. The molecule has 4 N–H and O–H groups in total. The van der Waals surface area contributed by atoms with Crippen molar-refractivity contribution in [3.63, 3.8) is 0 Å². The number of benzene rings is 3. The van der Waals surface area contributed by atoms with Gasteiger partial charge in [0, 0.05) is 35.0 Å². The predicted molar refractivity (Wildman–Crippen MR) is 264 cm³/mol. The van der Waals surface area contributed by atoms with Gasteiger partial charge in [-0.2, -0.15) is 0 Å². The van der Waals surface area contributed by atoms with Gasteiger partial charge in [0.2, 0.25) is 17.7 Å². The fraction of sp³-hybridized carbons (Fsp3) is 0.315. The number of carbonyl (C=O) groups is 3. The first-order valence-corrected chi connectivity index (χ1v) is 25.3. The summed E-state index contributed by atoms with van der Waals surface area (Å²) < 4.78 is 0. The Hall–Kier alpha value is -6.57. The molecule has 4 atom stereocenters. The van der Waals surface area contributed by atoms with Gasteiger partial charge in [-0.25, -0.2) is 9.97 Å². The van der Waals surface area contributed by atoms with Crippen LogP contribution in [-0.2, 0) is 14.4 Å². The first-order valence-electron chi connectivity index (χ1n) is 23.7. The lowest BCUT2D eigenvalue weighted by Crippen LogP contribution is -2.43. The Morgan fingerprint density at radius 2 is 1.06 bits per heavy atom. The topological polar surface area (TPSA) is 139 Å². The number of rotatable bonds is 16. The number of H-pyrrole nitrogens is 2. The minimum absolute atomic E-state index is 0.0610. The van der Waals surface area contributed by atoms with E-state index in [2.05, 4.69) is 75.7 Å². The van der Waals surface area contributed by atoms with Gasteiger partial charge in [0.05, 0.1) is 45.6 Å². The van der Waals surface area contributed by atoms with E-state index in [0.717, 1.165) is 122 Å². The molecule has 0 spiro atoms. The van der Waals surface area contributed by atoms with Crippen LogP contribution in [0.2, 0.25) is 0 Å². The number of likely N-dealkylation sites (tertiary alicyclic amines) is 2. The fourth-order valence-electron chi connectivity index (χ4n) is 9.70. The Labute approximate surface area is 398 Å². The van der Waals surface area contributed by atoms with Crippen LogP contribution in [-0.4, -0.2) is 60.5 Å². The molecule has 4 aliphatic rings. The van der Waals surface area contributed by atoms with Gasteiger partial charge in [-0.1, -0.05) is 91.5 Å². The Bertz CT molecular complexity index is 2890. The molecule has 0 unspecified atom stereocenters. The minimum Gasteiger partial charge on any atom is -0.374 e. The van der Waals surface area contributed by atoms with Crippen LogP contribution < -0.4 is 10.6 Å². The Morgan fingerprint density at radius 1 is 0.597 bits per heavy atom. The third-order valence-electron chi connectivity index (χ3n) is 13.7. The van der Waals surface area contributed by atoms with Crippen molar-refractivity contribution in [3.8, 4) is 42.0 Å². The van der Waals surface area contributed by atoms with Gasteiger partial charge in [-0.05, 0) is 110 Å². The summed E-state index contributed by atoms with van der Waals surface area (Å²) in [5.41, 5.74) is 6.84. The van der Waals surface area contributed by atoms with Gasteiger partial charge in [0.25, 0.3) is 0 Å². The van der Waals surface area contributed by atoms with E-state index in [-0.39, 0.29) is 29.8 Å². The molecular formula is C54H54N8O3S2. The van der Waals surface area contributed by atoms with E-state index in [1.165, 1.54) is 0 Å². The highest BCUT2D eigenvalue weighted by atomic mass is 32.1. The average Bonchev–Trinajstić information content (AvgIpc) is 3.84. The van der Waals surface area contributed by atoms with E-state index in [1.54, 1.807) is 22.7 Å². The van der Waals surface area contributed by atoms with Crippen molar-refractivity contribution >= 4 is 40.4 Å². The van der Waals surface area contributed by atoms with Crippen LogP contribution in [0.5, 0.6) is 0 Å². The van der Waals surface area contributed by atoms with Crippen LogP contribution in [0.25, 0.3) is 42.0 Å². The molecule has 7 aromatic rings. The molecule has 67 heavy (non-hydrogen) atoms. The van der Waals surface area contributed by atoms with Gasteiger partial charge >= 0.3 is 0 Å². The molecule has 6 heterocycles. The molecule has 2 saturated heterocycles. The number of thiophene rings is 2. The summed E-state index contributed by atoms with van der Waals surface area (Å²) >= 11 is 3.43. The maximum absolute atomic E-state index is 14.3. The number of hydrogen-bond donors (Lipinski definition) is 4. The molecule has 0 bridgehead atoms. The largest absolute Gasteiger partial charge is 0.374 e. The number of nitrogens with zero attached hydrogens (tertiary/aromatic N) is 4. The number of allylic oxidation sites excluding steroid dienone is 1. The molecule has 4 fully saturated rings. The predicted octanol–water partition coefficient (Wildman–Crippen LogP) is 11.2. The summed E-state index contributed by atoms with van der Waals surface area (Å²) in [7, 11) is 0. The van der Waals surface area contributed by atoms with Gasteiger partial charge < -0.3 is 30.4 Å². The SMILES string of the molecule is C=C(N[C@H](C(=O)N1CCC[C@H]1c1ncc(-c2ccc(-c3ccc(-c4ccc(-c5cnc([C@@H]6CCCN6C(=O)[C@@H](NC(=O)CC6CC6)c6ccccc6)[nH]5)s4)cc3)s2)[nH]1)c1ccccc1)C1CC1. The summed E-state index contributed by atoms with van der Waals surface area (Å²) in [4.78, 5) is 66.6. The van der Waals surface area contributed by atoms with Crippen LogP contribution in [0.15, 0.2) is 134 Å². The molecule has 2 saturated carbocycles. The Balaban J connectivity index is 0.742. The molecule has 0 radical (unpaired) electrons. The number of nitrogens with one attached hydrogen (secondary N) is 4. The first-order chi connectivity index (χ1) is 32.8. The van der Waals surface area contributed by atoms with Crippen molar-refractivity contribution in [3.05, 3.63) is 157 Å². The van der Waals surface area contributed by atoms with Gasteiger partial charge in [0.15, 0.2) is 0 Å². The Morgan fingerprint density at radius 3 is 1.52 bits per heavy atom. The molecule has 13 heteroatoms. The van der Waals surface area contributed by atoms with E-state index in [4.69, 9.17) is 9.97 Å². The van der Waals surface area contributed by atoms with Gasteiger partial charge in [-0.15, -0.1) is 22.7 Å². The van der Waals surface area contributed by atoms with Crippen molar-refractivity contribution in [1.29, 1.82) is 0 Å². The summed E-state index contributed by atoms with van der Waals surface area (Å²) in [5.74, 6) is 2.37. The number of carbonyl (C=O) groups excluding carboxylic acids is 3. The minimum atomic E-state index is -0.729. The molecule has 4 aromatic heterocycles. The number of amides is 3. The van der Waals surface area contributed by atoms with E-state index in [0.29, 0.717) is 31.3 Å². The number of hydrogen-bond acceptors (Lipinski definition) is 8. The van der Waals surface area contributed by atoms with Crippen molar-refractivity contribution in [2.75, 3.05) is 13.1 Å². The van der Waals surface area contributed by atoms with E-state index < -0.39 is 12.1 Å². The second-order valence-corrected chi connectivity index (χ2v) is 20.7. The zero-order valence-corrected chi connectivity index (χ0v) is 39.0. The lowest BCUT2D eigenvalue weighted by atomic mass is 10.0. The first kappa shape index (κ1) is 43.0. The quantitative estimate of drug-likeness (QED) is 0.0761. The lowest BCUT2D eigenvalue weighted by molar-refractivity contribution is -0.137. The molecule has 3 aromatic carbocycles. The fourth-order valence-corrected chi connectivity index (χ4v) is 11.7. The van der Waals surface area contributed by atoms with E-state index >= 15 is 0 Å². The third kappa shape index (κ3) is 9.27. The van der Waals surface area contributed by atoms with Gasteiger partial charge in [0.1, 0.15) is 23.7 Å². The molecule has 340 valence electrons. The maximum Gasteiger partial charge on any atom is 0.250 e. The monoisotopic (exact) mass is 926 g/mol. The summed E-state index contributed by atoms with van der Waals surface area (Å²) in [6, 6.07) is 35.3. The average molecular weight is 927 g/mol. The Kier molecular flexibility index (Phi) is 11.9. The third-order valence-corrected chi connectivity index (χ3v) is 16.1. The molecular weight excluding hydrogens is 873 g/mol. The smallest absolute Gasteiger partial charge is 0.250 e. The van der Waals surface area contributed by atoms with E-state index in [9.17, 15) is 14.4 Å². The number of aromatic nitrogens is 4. The van der Waals surface area contributed by atoms with Crippen molar-refractivity contribution in [1.82, 2.24) is 40.4 Å². The summed E-state index contributed by atoms with van der Waals surface area (Å²) in [5, 5.41) is 6.58. The number of imidazole rings is 2. The molecule has 11 nitrogen and oxygen atoms in total. The van der Waals surface area contributed by atoms with Crippen LogP contribution in [0, 0.1) is 11.8 Å². The lowest BCUT2D eigenvalue weighted by Gasteiger charge is -2.29. The highest BCUT2D eigenvalue weighted by Gasteiger charge is 2.39. The summed E-state index contributed by atoms with van der Waals surface area (Å²) in [6.07, 6.45) is 12.1. The zero-order valence-electron chi connectivity index (χ0n) is 37.3. The van der Waals surface area contributed by atoms with Crippen LogP contribution in [0.3, 0.4) is 0 Å². The molecule has 2 aliphatic heterocycles. The molecule has 11 rings (SSSR count). The molecule has 3 amide bonds. The van der Waals surface area contributed by atoms with Crippen molar-refractivity contribution in [2.24, 2.45) is 11.8 Å². The molecule has 2 aliphatic carbocycles. The van der Waals surface area contributed by atoms with E-state index in [1.807, 2.05) is 82.9 Å². The van der Waals surface area contributed by atoms with Gasteiger partial charge in [-0.3, -0.25) is 14.4 Å². The maximum atomic E-state index is 14.3. The van der Waals surface area contributed by atoms with Crippen molar-refractivity contribution < 1.29 is 14.4 Å². The second kappa shape index (κ2) is 18.6. The van der Waals surface area contributed by atoms with Crippen LogP contribution in [0.4, 0.5) is 0 Å². The highest BCUT2D eigenvalue weighted by molar-refractivity contribution is 7.19. The number of aromatic amines is 2. The van der Waals surface area contributed by atoms with Crippen molar-refractivity contribution in [2.45, 2.75) is 82.0 Å². The van der Waals surface area contributed by atoms with Crippen LogP contribution in [0.1, 0.15) is 105 Å².